The van der Waals surface area contributed by atoms with Gasteiger partial charge in [0.05, 0.1) is 6.54 Å². The second-order valence-corrected chi connectivity index (χ2v) is 2.96. The van der Waals surface area contributed by atoms with Gasteiger partial charge in [-0.25, -0.2) is 0 Å². The molecule has 0 saturated heterocycles. The summed E-state index contributed by atoms with van der Waals surface area (Å²) in [5.41, 5.74) is 6.36. The fourth-order valence-electron chi connectivity index (χ4n) is 1.09. The van der Waals surface area contributed by atoms with Crippen LogP contribution in [0.1, 0.15) is 5.69 Å². The number of carbonyl (C=O) groups excluding carboxylic acids is 1. The van der Waals surface area contributed by atoms with E-state index < -0.39 is 0 Å². The van der Waals surface area contributed by atoms with E-state index in [9.17, 15) is 4.79 Å². The molecule has 0 aliphatic rings. The van der Waals surface area contributed by atoms with Gasteiger partial charge in [0, 0.05) is 31.9 Å². The Bertz CT molecular complexity index is 256. The number of nitrogens with one attached hydrogen (secondary N) is 1. The van der Waals surface area contributed by atoms with Crippen LogP contribution in [0.3, 0.4) is 0 Å². The number of amides is 1. The Morgan fingerprint density at radius 1 is 1.69 bits per heavy atom. The maximum absolute atomic E-state index is 11.1. The Hall–Kier alpha value is -1.29. The van der Waals surface area contributed by atoms with E-state index in [1.807, 2.05) is 18.3 Å². The molecule has 0 atom stereocenters. The van der Waals surface area contributed by atoms with Crippen molar-refractivity contribution in [2.24, 2.45) is 5.73 Å². The number of nitrogens with two attached hydrogens (primary N) is 1. The summed E-state index contributed by atoms with van der Waals surface area (Å²) in [6.07, 6.45) is 2.72. The minimum Gasteiger partial charge on any atom is -0.365 e. The zero-order valence-electron chi connectivity index (χ0n) is 7.79. The zero-order valence-corrected chi connectivity index (χ0v) is 7.79. The molecule has 0 bridgehead atoms. The van der Waals surface area contributed by atoms with Crippen LogP contribution in [0.25, 0.3) is 0 Å². The van der Waals surface area contributed by atoms with Gasteiger partial charge in [-0.1, -0.05) is 0 Å². The molecule has 0 radical (unpaired) electrons. The highest BCUT2D eigenvalue weighted by atomic mass is 16.2. The van der Waals surface area contributed by atoms with Crippen LogP contribution < -0.4 is 5.73 Å². The summed E-state index contributed by atoms with van der Waals surface area (Å²) in [6.45, 7) is 0.789. The van der Waals surface area contributed by atoms with Crippen LogP contribution in [0.5, 0.6) is 0 Å². The van der Waals surface area contributed by atoms with E-state index in [4.69, 9.17) is 5.73 Å². The van der Waals surface area contributed by atoms with Crippen molar-refractivity contribution in [2.45, 2.75) is 6.42 Å². The van der Waals surface area contributed by atoms with Gasteiger partial charge in [0.1, 0.15) is 0 Å². The van der Waals surface area contributed by atoms with Crippen molar-refractivity contribution in [3.8, 4) is 0 Å². The molecule has 4 nitrogen and oxygen atoms in total. The highest BCUT2D eigenvalue weighted by Crippen LogP contribution is 1.96. The van der Waals surface area contributed by atoms with Crippen molar-refractivity contribution >= 4 is 5.91 Å². The third-order valence-corrected chi connectivity index (χ3v) is 1.98. The second-order valence-electron chi connectivity index (χ2n) is 2.96. The van der Waals surface area contributed by atoms with Crippen molar-refractivity contribution in [3.63, 3.8) is 0 Å². The number of hydrogen-bond donors (Lipinski definition) is 2. The minimum atomic E-state index is -0.0217. The summed E-state index contributed by atoms with van der Waals surface area (Å²) in [7, 11) is 1.76. The molecule has 1 heterocycles. The van der Waals surface area contributed by atoms with Crippen LogP contribution in [0, 0.1) is 0 Å². The van der Waals surface area contributed by atoms with Crippen molar-refractivity contribution in [2.75, 3.05) is 20.1 Å². The number of H-pyrrole nitrogens is 1. The molecular weight excluding hydrogens is 166 g/mol. The van der Waals surface area contributed by atoms with E-state index >= 15 is 0 Å². The quantitative estimate of drug-likeness (QED) is 0.685. The smallest absolute Gasteiger partial charge is 0.236 e. The molecule has 1 amide bonds. The molecule has 0 aromatic carbocycles. The molecule has 0 unspecified atom stereocenters. The second kappa shape index (κ2) is 4.67. The molecule has 0 spiro atoms. The largest absolute Gasteiger partial charge is 0.365 e. The maximum atomic E-state index is 11.1. The van der Waals surface area contributed by atoms with E-state index in [1.165, 1.54) is 0 Å². The van der Waals surface area contributed by atoms with Crippen molar-refractivity contribution in [3.05, 3.63) is 24.0 Å². The number of likely N-dealkylation sites (N-methyl/N-ethyl adjacent to an activating group) is 1. The van der Waals surface area contributed by atoms with Gasteiger partial charge in [-0.3, -0.25) is 4.79 Å². The number of rotatable bonds is 4. The first-order valence-corrected chi connectivity index (χ1v) is 4.30. The number of nitrogens with zero attached hydrogens (tertiary/aromatic N) is 1. The average molecular weight is 181 g/mol. The van der Waals surface area contributed by atoms with Gasteiger partial charge in [-0.2, -0.15) is 0 Å². The van der Waals surface area contributed by atoms with Crippen LogP contribution in [0.4, 0.5) is 0 Å². The average Bonchev–Trinajstić information content (AvgIpc) is 2.65. The molecule has 1 rings (SSSR count). The Labute approximate surface area is 77.7 Å². The summed E-state index contributed by atoms with van der Waals surface area (Å²) in [5.74, 6) is -0.0217. The Morgan fingerprint density at radius 3 is 3.00 bits per heavy atom. The van der Waals surface area contributed by atoms with Crippen LogP contribution in [-0.4, -0.2) is 35.9 Å². The van der Waals surface area contributed by atoms with Crippen molar-refractivity contribution in [1.82, 2.24) is 9.88 Å². The van der Waals surface area contributed by atoms with Crippen LogP contribution >= 0.6 is 0 Å². The fraction of sp³-hybridized carbons (Fsp3) is 0.444. The molecule has 0 aliphatic carbocycles. The number of aromatic nitrogens is 1. The molecular formula is C9H15N3O. The molecule has 0 saturated carbocycles. The van der Waals surface area contributed by atoms with Crippen LogP contribution in [0.2, 0.25) is 0 Å². The van der Waals surface area contributed by atoms with Gasteiger partial charge in [0.15, 0.2) is 0 Å². The van der Waals surface area contributed by atoms with Gasteiger partial charge in [0.2, 0.25) is 5.91 Å². The molecule has 1 aromatic rings. The molecule has 0 fully saturated rings. The van der Waals surface area contributed by atoms with E-state index in [1.54, 1.807) is 11.9 Å². The van der Waals surface area contributed by atoms with Crippen molar-refractivity contribution in [1.29, 1.82) is 0 Å². The summed E-state index contributed by atoms with van der Waals surface area (Å²) in [4.78, 5) is 15.8. The molecule has 1 aromatic heterocycles. The lowest BCUT2D eigenvalue weighted by atomic mass is 10.3. The Balaban J connectivity index is 2.30. The van der Waals surface area contributed by atoms with Crippen molar-refractivity contribution < 1.29 is 4.79 Å². The number of carbonyl (C=O) groups is 1. The highest BCUT2D eigenvalue weighted by Gasteiger charge is 2.05. The normalized spacial score (nSPS) is 10.0. The SMILES string of the molecule is CN(CCc1ccc[nH]1)C(=O)CN. The van der Waals surface area contributed by atoms with Gasteiger partial charge in [-0.05, 0) is 12.1 Å². The van der Waals surface area contributed by atoms with Gasteiger partial charge >= 0.3 is 0 Å². The monoisotopic (exact) mass is 181 g/mol. The first-order chi connectivity index (χ1) is 6.24. The summed E-state index contributed by atoms with van der Waals surface area (Å²) >= 11 is 0. The van der Waals surface area contributed by atoms with Gasteiger partial charge in [0.25, 0.3) is 0 Å². The van der Waals surface area contributed by atoms with E-state index in [-0.39, 0.29) is 12.5 Å². The Morgan fingerprint density at radius 2 is 2.46 bits per heavy atom. The third-order valence-electron chi connectivity index (χ3n) is 1.98. The van der Waals surface area contributed by atoms with E-state index in [0.29, 0.717) is 6.54 Å². The molecule has 4 heteroatoms. The lowest BCUT2D eigenvalue weighted by molar-refractivity contribution is -0.128. The maximum Gasteiger partial charge on any atom is 0.236 e. The summed E-state index contributed by atoms with van der Waals surface area (Å²) in [5, 5.41) is 0. The number of hydrogen-bond acceptors (Lipinski definition) is 2. The first-order valence-electron chi connectivity index (χ1n) is 4.30. The third kappa shape index (κ3) is 2.91. The predicted molar refractivity (Wildman–Crippen MR) is 51.2 cm³/mol. The number of aromatic amines is 1. The molecule has 72 valence electrons. The minimum absolute atomic E-state index is 0.0217. The predicted octanol–water partition coefficient (Wildman–Crippen LogP) is -0.0257. The van der Waals surface area contributed by atoms with Crippen LogP contribution in [0.15, 0.2) is 18.3 Å². The van der Waals surface area contributed by atoms with Gasteiger partial charge < -0.3 is 15.6 Å². The lowest BCUT2D eigenvalue weighted by Gasteiger charge is -2.15. The summed E-state index contributed by atoms with van der Waals surface area (Å²) < 4.78 is 0. The van der Waals surface area contributed by atoms with Gasteiger partial charge in [-0.15, -0.1) is 0 Å². The molecule has 3 N–H and O–H groups in total. The standard InChI is InChI=1S/C9H15N3O/c1-12(9(13)7-10)6-4-8-3-2-5-11-8/h2-3,5,11H,4,6-7,10H2,1H3. The Kier molecular flexibility index (Phi) is 3.52. The zero-order chi connectivity index (χ0) is 9.68. The first kappa shape index (κ1) is 9.80. The lowest BCUT2D eigenvalue weighted by Crippen LogP contribution is -2.34. The molecule has 0 aliphatic heterocycles. The fourth-order valence-corrected chi connectivity index (χ4v) is 1.09. The van der Waals surface area contributed by atoms with E-state index in [2.05, 4.69) is 4.98 Å². The van der Waals surface area contributed by atoms with E-state index in [0.717, 1.165) is 12.1 Å². The van der Waals surface area contributed by atoms with Crippen LogP contribution in [-0.2, 0) is 11.2 Å². The molecule has 13 heavy (non-hydrogen) atoms. The highest BCUT2D eigenvalue weighted by molar-refractivity contribution is 5.77. The summed E-state index contributed by atoms with van der Waals surface area (Å²) in [6, 6.07) is 3.95. The topological polar surface area (TPSA) is 62.1 Å².